The first-order chi connectivity index (χ1) is 23.7. The van der Waals surface area contributed by atoms with Crippen molar-refractivity contribution >= 4 is 44.5 Å². The van der Waals surface area contributed by atoms with Gasteiger partial charge in [0, 0.05) is 31.6 Å². The molecule has 5 aliphatic rings. The number of nitrogens with one attached hydrogen (secondary N) is 3. The number of nitrogens with zero attached hydrogens (tertiary/aromatic N) is 2. The number of hydrogen-bond acceptors (Lipinski definition) is 9. The van der Waals surface area contributed by atoms with Crippen LogP contribution in [0.1, 0.15) is 70.4 Å². The van der Waals surface area contributed by atoms with Crippen LogP contribution in [0, 0.1) is 11.3 Å². The normalized spacial score (nSPS) is 27.0. The van der Waals surface area contributed by atoms with Crippen molar-refractivity contribution in [3.05, 3.63) is 60.2 Å². The van der Waals surface area contributed by atoms with Gasteiger partial charge in [0.2, 0.25) is 21.8 Å². The number of hydrogen-bond donors (Lipinski definition) is 3. The molecule has 0 unspecified atom stereocenters. The molecule has 50 heavy (non-hydrogen) atoms. The highest BCUT2D eigenvalue weighted by atomic mass is 32.2. The molecule has 3 aliphatic carbocycles. The number of carbonyl (C=O) groups excluding carboxylic acids is 4. The van der Waals surface area contributed by atoms with Gasteiger partial charge < -0.3 is 15.0 Å². The van der Waals surface area contributed by atoms with Crippen LogP contribution in [0.15, 0.2) is 49.1 Å². The number of rotatable bonds is 12. The molecule has 3 amide bonds. The topological polar surface area (TPSA) is 154 Å². The minimum absolute atomic E-state index is 0.0633. The summed E-state index contributed by atoms with van der Waals surface area (Å²) >= 11 is 0. The molecular formula is C37H47N5O7S. The number of sulfonamides is 1. The second-order valence-electron chi connectivity index (χ2n) is 15.8. The lowest BCUT2D eigenvalue weighted by molar-refractivity contribution is -0.146. The van der Waals surface area contributed by atoms with E-state index in [1.54, 1.807) is 11.0 Å². The minimum atomic E-state index is -3.85. The molecular weight excluding hydrogens is 659 g/mol. The van der Waals surface area contributed by atoms with E-state index in [0.717, 1.165) is 12.8 Å². The van der Waals surface area contributed by atoms with Gasteiger partial charge in [-0.15, -0.1) is 6.58 Å². The van der Waals surface area contributed by atoms with Crippen molar-refractivity contribution < 1.29 is 32.3 Å². The largest absolute Gasteiger partial charge is 0.461 e. The smallest absolute Gasteiger partial charge is 0.320 e. The first-order valence-corrected chi connectivity index (χ1v) is 19.2. The SMILES string of the molecule is C=C[C@@H]1C[C@]1(NC(=O)[C@@H]1C[C@@H](N2Cc3cccc4cccc(c34)C2)CN1C(=O)[C@@H](NCC(=O)OC1CC1)C(C)(C)C)C(=O)NS(=O)(=O)C1CC1. The van der Waals surface area contributed by atoms with Crippen LogP contribution in [0.25, 0.3) is 10.8 Å². The standard InChI is InChI=1S/C37H47N5O7S/c1-5-25-17-37(25,35(46)40-50(47,48)28-14-15-28)39-33(44)29-16-26(41-19-23-10-6-8-22-9-7-11-24(20-41)31(22)23)21-42(29)34(45)32(36(2,3)4)38-18-30(43)49-27-12-13-27/h5-11,25-29,32,38H,1,12-21H2,2-4H3,(H,39,44)(H,40,46)/t25-,26-,29+,32-,37-/m1/s1. The Bertz CT molecular complexity index is 1810. The van der Waals surface area contributed by atoms with Crippen LogP contribution in [0.3, 0.4) is 0 Å². The zero-order valence-corrected chi connectivity index (χ0v) is 29.8. The van der Waals surface area contributed by atoms with Gasteiger partial charge in [0.25, 0.3) is 5.91 Å². The Kier molecular flexibility index (Phi) is 8.83. The molecule has 12 nitrogen and oxygen atoms in total. The van der Waals surface area contributed by atoms with E-state index < -0.39 is 62.0 Å². The monoisotopic (exact) mass is 705 g/mol. The van der Waals surface area contributed by atoms with Gasteiger partial charge in [0.15, 0.2) is 0 Å². The maximum absolute atomic E-state index is 14.6. The van der Waals surface area contributed by atoms with Crippen molar-refractivity contribution in [1.29, 1.82) is 0 Å². The first kappa shape index (κ1) is 34.6. The quantitative estimate of drug-likeness (QED) is 0.223. The van der Waals surface area contributed by atoms with E-state index in [-0.39, 0.29) is 37.6 Å². The van der Waals surface area contributed by atoms with Crippen molar-refractivity contribution in [1.82, 2.24) is 25.2 Å². The molecule has 1 saturated heterocycles. The second kappa shape index (κ2) is 12.8. The van der Waals surface area contributed by atoms with E-state index in [1.165, 1.54) is 21.9 Å². The van der Waals surface area contributed by atoms with Crippen LogP contribution < -0.4 is 15.4 Å². The lowest BCUT2D eigenvalue weighted by Gasteiger charge is -2.36. The maximum atomic E-state index is 14.6. The van der Waals surface area contributed by atoms with Crippen molar-refractivity contribution in [2.75, 3.05) is 13.1 Å². The van der Waals surface area contributed by atoms with E-state index in [1.807, 2.05) is 32.9 Å². The third kappa shape index (κ3) is 6.79. The van der Waals surface area contributed by atoms with E-state index in [9.17, 15) is 27.6 Å². The Morgan fingerprint density at radius 2 is 1.70 bits per heavy atom. The van der Waals surface area contributed by atoms with Crippen molar-refractivity contribution in [3.63, 3.8) is 0 Å². The molecule has 5 atom stereocenters. The van der Waals surface area contributed by atoms with Crippen molar-refractivity contribution in [2.24, 2.45) is 11.3 Å². The number of esters is 1. The van der Waals surface area contributed by atoms with Crippen molar-refractivity contribution in [2.45, 2.75) is 107 Å². The average molecular weight is 706 g/mol. The Labute approximate surface area is 293 Å². The molecule has 7 rings (SSSR count). The van der Waals surface area contributed by atoms with Gasteiger partial charge in [-0.25, -0.2) is 8.42 Å². The van der Waals surface area contributed by atoms with Gasteiger partial charge in [0.1, 0.15) is 17.7 Å². The van der Waals surface area contributed by atoms with Crippen molar-refractivity contribution in [3.8, 4) is 0 Å². The van der Waals surface area contributed by atoms with Crippen LogP contribution in [0.2, 0.25) is 0 Å². The first-order valence-electron chi connectivity index (χ1n) is 17.7. The predicted octanol–water partition coefficient (Wildman–Crippen LogP) is 2.50. The zero-order valence-electron chi connectivity index (χ0n) is 28.9. The summed E-state index contributed by atoms with van der Waals surface area (Å²) in [6.45, 7) is 10.9. The third-order valence-electron chi connectivity index (χ3n) is 10.8. The number of likely N-dealkylation sites (tertiary alicyclic amines) is 1. The highest BCUT2D eigenvalue weighted by molar-refractivity contribution is 7.91. The van der Waals surface area contributed by atoms with E-state index >= 15 is 0 Å². The Balaban J connectivity index is 1.15. The van der Waals surface area contributed by atoms with Crippen LogP contribution >= 0.6 is 0 Å². The molecule has 13 heteroatoms. The summed E-state index contributed by atoms with van der Waals surface area (Å²) in [6.07, 6.45) is 4.67. The fraction of sp³-hybridized carbons (Fsp3) is 0.568. The minimum Gasteiger partial charge on any atom is -0.461 e. The summed E-state index contributed by atoms with van der Waals surface area (Å²) in [6, 6.07) is 10.6. The maximum Gasteiger partial charge on any atom is 0.320 e. The zero-order chi connectivity index (χ0) is 35.6. The van der Waals surface area contributed by atoms with Gasteiger partial charge in [-0.2, -0.15) is 0 Å². The lowest BCUT2D eigenvalue weighted by atomic mass is 9.85. The van der Waals surface area contributed by atoms with E-state index in [0.29, 0.717) is 32.4 Å². The fourth-order valence-corrected chi connectivity index (χ4v) is 9.00. The molecule has 2 aromatic carbocycles. The lowest BCUT2D eigenvalue weighted by Crippen LogP contribution is -2.60. The molecule has 2 aliphatic heterocycles. The molecule has 0 spiro atoms. The van der Waals surface area contributed by atoms with Crippen LogP contribution in [0.4, 0.5) is 0 Å². The number of benzene rings is 2. The Hall–Kier alpha value is -3.81. The highest BCUT2D eigenvalue weighted by Gasteiger charge is 2.62. The van der Waals surface area contributed by atoms with Crippen LogP contribution in [0.5, 0.6) is 0 Å². The molecule has 0 radical (unpaired) electrons. The summed E-state index contributed by atoms with van der Waals surface area (Å²) in [5.41, 5.74) is 0.260. The third-order valence-corrected chi connectivity index (χ3v) is 12.7. The summed E-state index contributed by atoms with van der Waals surface area (Å²) < 4.78 is 33.0. The molecule has 2 heterocycles. The Morgan fingerprint density at radius 1 is 1.04 bits per heavy atom. The molecule has 3 N–H and O–H groups in total. The molecule has 2 aromatic rings. The highest BCUT2D eigenvalue weighted by Crippen LogP contribution is 2.46. The fourth-order valence-electron chi connectivity index (χ4n) is 7.64. The van der Waals surface area contributed by atoms with Gasteiger partial charge >= 0.3 is 5.97 Å². The summed E-state index contributed by atoms with van der Waals surface area (Å²) in [5, 5.41) is 7.83. The van der Waals surface area contributed by atoms with Gasteiger partial charge in [-0.3, -0.25) is 34.1 Å². The van der Waals surface area contributed by atoms with Gasteiger partial charge in [-0.1, -0.05) is 63.2 Å². The van der Waals surface area contributed by atoms with E-state index in [4.69, 9.17) is 4.74 Å². The molecule has 0 bridgehead atoms. The summed E-state index contributed by atoms with van der Waals surface area (Å²) in [7, 11) is -3.85. The summed E-state index contributed by atoms with van der Waals surface area (Å²) in [5.74, 6) is -2.51. The van der Waals surface area contributed by atoms with Gasteiger partial charge in [-0.05, 0) is 65.8 Å². The predicted molar refractivity (Wildman–Crippen MR) is 187 cm³/mol. The van der Waals surface area contributed by atoms with Crippen LogP contribution in [-0.2, 0) is 47.0 Å². The van der Waals surface area contributed by atoms with Gasteiger partial charge in [0.05, 0.1) is 17.8 Å². The Morgan fingerprint density at radius 3 is 2.26 bits per heavy atom. The molecule has 4 fully saturated rings. The molecule has 3 saturated carbocycles. The molecule has 0 aromatic heterocycles. The number of carbonyl (C=O) groups is 4. The summed E-state index contributed by atoms with van der Waals surface area (Å²) in [4.78, 5) is 58.9. The number of ether oxygens (including phenoxy) is 1. The van der Waals surface area contributed by atoms with E-state index in [2.05, 4.69) is 51.1 Å². The second-order valence-corrected chi connectivity index (χ2v) is 17.7. The average Bonchev–Trinajstić information content (AvgIpc) is 3.96. The van der Waals surface area contributed by atoms with Crippen LogP contribution in [-0.4, -0.2) is 90.0 Å². The molecule has 268 valence electrons. The number of amides is 3.